The number of aliphatic hydroxyl groups excluding tert-OH is 1. The van der Waals surface area contributed by atoms with Gasteiger partial charge in [0.2, 0.25) is 0 Å². The van der Waals surface area contributed by atoms with E-state index in [2.05, 4.69) is 15.9 Å². The minimum atomic E-state index is -1.27. The number of aliphatic hydroxyl groups is 1. The maximum absolute atomic E-state index is 13.9. The molecule has 3 heteroatoms. The van der Waals surface area contributed by atoms with Crippen LogP contribution < -0.4 is 0 Å². The molecule has 1 aliphatic carbocycles. The SMILES string of the molecule is OCC1CC1(F)c1ccc(Br)cc1. The van der Waals surface area contributed by atoms with Crippen molar-refractivity contribution in [2.75, 3.05) is 6.61 Å². The van der Waals surface area contributed by atoms with Gasteiger partial charge in [0, 0.05) is 17.0 Å². The van der Waals surface area contributed by atoms with Gasteiger partial charge < -0.3 is 5.11 Å². The lowest BCUT2D eigenvalue weighted by molar-refractivity contribution is 0.212. The average molecular weight is 245 g/mol. The molecule has 1 aliphatic rings. The van der Waals surface area contributed by atoms with E-state index in [1.807, 2.05) is 12.1 Å². The Bertz CT molecular complexity index is 311. The van der Waals surface area contributed by atoms with E-state index in [4.69, 9.17) is 5.11 Å². The fourth-order valence-electron chi connectivity index (χ4n) is 1.59. The van der Waals surface area contributed by atoms with Gasteiger partial charge in [-0.1, -0.05) is 28.1 Å². The van der Waals surface area contributed by atoms with Gasteiger partial charge in [-0.15, -0.1) is 0 Å². The molecule has 0 saturated heterocycles. The summed E-state index contributed by atoms with van der Waals surface area (Å²) in [5.41, 5.74) is -0.593. The average Bonchev–Trinajstić information content (AvgIpc) is 2.80. The zero-order chi connectivity index (χ0) is 9.47. The first-order valence-electron chi connectivity index (χ1n) is 4.22. The molecule has 1 nitrogen and oxygen atoms in total. The summed E-state index contributed by atoms with van der Waals surface area (Å²) in [6, 6.07) is 7.17. The van der Waals surface area contributed by atoms with Crippen molar-refractivity contribution < 1.29 is 9.50 Å². The van der Waals surface area contributed by atoms with E-state index in [0.29, 0.717) is 12.0 Å². The number of rotatable bonds is 2. The summed E-state index contributed by atoms with van der Waals surface area (Å²) < 4.78 is 14.8. The number of hydrogen-bond donors (Lipinski definition) is 1. The lowest BCUT2D eigenvalue weighted by atomic mass is 10.1. The van der Waals surface area contributed by atoms with Gasteiger partial charge in [0.25, 0.3) is 0 Å². The molecule has 0 radical (unpaired) electrons. The van der Waals surface area contributed by atoms with Crippen LogP contribution in [-0.4, -0.2) is 11.7 Å². The topological polar surface area (TPSA) is 20.2 Å². The second-order valence-corrected chi connectivity index (χ2v) is 4.37. The van der Waals surface area contributed by atoms with Crippen LogP contribution in [0.5, 0.6) is 0 Å². The highest BCUT2D eigenvalue weighted by atomic mass is 79.9. The number of hydrogen-bond acceptors (Lipinski definition) is 1. The monoisotopic (exact) mass is 244 g/mol. The predicted molar refractivity (Wildman–Crippen MR) is 52.1 cm³/mol. The molecule has 0 heterocycles. The third-order valence-corrected chi connectivity index (χ3v) is 3.10. The Morgan fingerprint density at radius 2 is 2.08 bits per heavy atom. The van der Waals surface area contributed by atoms with E-state index in [9.17, 15) is 4.39 Å². The van der Waals surface area contributed by atoms with E-state index in [1.54, 1.807) is 12.1 Å². The minimum Gasteiger partial charge on any atom is -0.396 e. The summed E-state index contributed by atoms with van der Waals surface area (Å²) in [5, 5.41) is 8.81. The van der Waals surface area contributed by atoms with Crippen LogP contribution >= 0.6 is 15.9 Å². The highest BCUT2D eigenvalue weighted by molar-refractivity contribution is 9.10. The zero-order valence-corrected chi connectivity index (χ0v) is 8.59. The molecular weight excluding hydrogens is 235 g/mol. The summed E-state index contributed by atoms with van der Waals surface area (Å²) in [5.74, 6) is -0.200. The van der Waals surface area contributed by atoms with Gasteiger partial charge in [0.1, 0.15) is 5.67 Å². The summed E-state index contributed by atoms with van der Waals surface area (Å²) in [6.45, 7) is -0.0629. The van der Waals surface area contributed by atoms with Crippen molar-refractivity contribution in [1.82, 2.24) is 0 Å². The van der Waals surface area contributed by atoms with Crippen LogP contribution in [0.2, 0.25) is 0 Å². The van der Waals surface area contributed by atoms with Crippen LogP contribution in [0, 0.1) is 5.92 Å². The number of benzene rings is 1. The van der Waals surface area contributed by atoms with Crippen LogP contribution in [0.15, 0.2) is 28.7 Å². The molecule has 0 aromatic heterocycles. The van der Waals surface area contributed by atoms with E-state index < -0.39 is 5.67 Å². The van der Waals surface area contributed by atoms with Crippen LogP contribution in [0.25, 0.3) is 0 Å². The van der Waals surface area contributed by atoms with Gasteiger partial charge in [0.05, 0.1) is 0 Å². The van der Waals surface area contributed by atoms with Crippen molar-refractivity contribution in [2.45, 2.75) is 12.1 Å². The molecule has 2 rings (SSSR count). The number of alkyl halides is 1. The summed E-state index contributed by atoms with van der Waals surface area (Å²) >= 11 is 3.29. The second kappa shape index (κ2) is 3.07. The van der Waals surface area contributed by atoms with Gasteiger partial charge >= 0.3 is 0 Å². The lowest BCUT2D eigenvalue weighted by Crippen LogP contribution is -2.04. The molecule has 1 N–H and O–H groups in total. The van der Waals surface area contributed by atoms with Crippen molar-refractivity contribution in [2.24, 2.45) is 5.92 Å². The largest absolute Gasteiger partial charge is 0.396 e. The highest BCUT2D eigenvalue weighted by Gasteiger charge is 2.56. The minimum absolute atomic E-state index is 0.0629. The molecule has 70 valence electrons. The fourth-order valence-corrected chi connectivity index (χ4v) is 1.85. The van der Waals surface area contributed by atoms with Gasteiger partial charge in [-0.25, -0.2) is 4.39 Å². The van der Waals surface area contributed by atoms with Crippen molar-refractivity contribution in [3.05, 3.63) is 34.3 Å². The van der Waals surface area contributed by atoms with Crippen LogP contribution in [-0.2, 0) is 5.67 Å². The molecule has 0 spiro atoms. The third-order valence-electron chi connectivity index (χ3n) is 2.57. The maximum Gasteiger partial charge on any atom is 0.141 e. The Morgan fingerprint density at radius 1 is 1.46 bits per heavy atom. The van der Waals surface area contributed by atoms with Gasteiger partial charge in [0.15, 0.2) is 0 Å². The Labute approximate surface area is 84.7 Å². The van der Waals surface area contributed by atoms with E-state index in [-0.39, 0.29) is 12.5 Å². The summed E-state index contributed by atoms with van der Waals surface area (Å²) in [4.78, 5) is 0. The summed E-state index contributed by atoms with van der Waals surface area (Å²) in [6.07, 6.45) is 0.450. The van der Waals surface area contributed by atoms with E-state index in [0.717, 1.165) is 4.47 Å². The molecule has 13 heavy (non-hydrogen) atoms. The quantitative estimate of drug-likeness (QED) is 0.849. The molecule has 1 fully saturated rings. The van der Waals surface area contributed by atoms with Crippen molar-refractivity contribution in [3.63, 3.8) is 0 Å². The number of halogens is 2. The zero-order valence-electron chi connectivity index (χ0n) is 7.00. The van der Waals surface area contributed by atoms with E-state index >= 15 is 0 Å². The smallest absolute Gasteiger partial charge is 0.141 e. The first-order valence-corrected chi connectivity index (χ1v) is 5.02. The molecule has 0 aliphatic heterocycles. The molecule has 2 unspecified atom stereocenters. The van der Waals surface area contributed by atoms with E-state index in [1.165, 1.54) is 0 Å². The van der Waals surface area contributed by atoms with Crippen LogP contribution in [0.3, 0.4) is 0 Å². The third kappa shape index (κ3) is 1.51. The Morgan fingerprint density at radius 3 is 2.54 bits per heavy atom. The van der Waals surface area contributed by atoms with Gasteiger partial charge in [-0.2, -0.15) is 0 Å². The Kier molecular flexibility index (Phi) is 2.16. The molecule has 0 bridgehead atoms. The van der Waals surface area contributed by atoms with Gasteiger partial charge in [-0.05, 0) is 24.1 Å². The second-order valence-electron chi connectivity index (χ2n) is 3.45. The van der Waals surface area contributed by atoms with Crippen LogP contribution in [0.1, 0.15) is 12.0 Å². The molecule has 1 saturated carbocycles. The van der Waals surface area contributed by atoms with Gasteiger partial charge in [-0.3, -0.25) is 0 Å². The van der Waals surface area contributed by atoms with Crippen molar-refractivity contribution in [1.29, 1.82) is 0 Å². The molecule has 1 aromatic carbocycles. The fraction of sp³-hybridized carbons (Fsp3) is 0.400. The molecule has 0 amide bonds. The molecule has 2 atom stereocenters. The Balaban J connectivity index is 2.23. The van der Waals surface area contributed by atoms with Crippen LogP contribution in [0.4, 0.5) is 4.39 Å². The maximum atomic E-state index is 13.9. The summed E-state index contributed by atoms with van der Waals surface area (Å²) in [7, 11) is 0. The van der Waals surface area contributed by atoms with Crippen molar-refractivity contribution >= 4 is 15.9 Å². The normalized spacial score (nSPS) is 31.8. The molecule has 1 aromatic rings. The Hall–Kier alpha value is -0.410. The first kappa shape index (κ1) is 9.16. The molecular formula is C10H10BrFO. The van der Waals surface area contributed by atoms with Crippen molar-refractivity contribution in [3.8, 4) is 0 Å². The predicted octanol–water partition coefficient (Wildman–Crippen LogP) is 2.63. The standard InChI is InChI=1S/C10H10BrFO/c11-9-3-1-7(2-4-9)10(12)5-8(10)6-13/h1-4,8,13H,5-6H2. The lowest BCUT2D eigenvalue weighted by Gasteiger charge is -2.06. The first-order chi connectivity index (χ1) is 6.16. The highest BCUT2D eigenvalue weighted by Crippen LogP contribution is 2.55.